The van der Waals surface area contributed by atoms with Crippen LogP contribution in [-0.4, -0.2) is 25.8 Å². The van der Waals surface area contributed by atoms with Crippen molar-refractivity contribution in [2.45, 2.75) is 30.4 Å². The molecule has 3 nitrogen and oxygen atoms in total. The summed E-state index contributed by atoms with van der Waals surface area (Å²) in [5.41, 5.74) is 0. The summed E-state index contributed by atoms with van der Waals surface area (Å²) in [5.74, 6) is 1.38. The SMILES string of the molecule is CC(C)C1CCN(S(=O)(=O)c2ccc(CCl)s2)C1. The first-order chi connectivity index (χ1) is 8.45. The number of rotatable bonds is 4. The second-order valence-electron chi connectivity index (χ2n) is 5.01. The fourth-order valence-electron chi connectivity index (χ4n) is 2.21. The van der Waals surface area contributed by atoms with Gasteiger partial charge in [0.05, 0.1) is 5.88 Å². The third kappa shape index (κ3) is 2.74. The van der Waals surface area contributed by atoms with Gasteiger partial charge in [-0.2, -0.15) is 4.31 Å². The van der Waals surface area contributed by atoms with Crippen LogP contribution in [0.1, 0.15) is 25.1 Å². The van der Waals surface area contributed by atoms with Crippen molar-refractivity contribution in [2.75, 3.05) is 13.1 Å². The van der Waals surface area contributed by atoms with E-state index in [1.807, 2.05) is 0 Å². The lowest BCUT2D eigenvalue weighted by Gasteiger charge is -2.17. The first kappa shape index (κ1) is 14.3. The number of alkyl halides is 1. The highest BCUT2D eigenvalue weighted by Crippen LogP contribution is 2.31. The monoisotopic (exact) mass is 307 g/mol. The summed E-state index contributed by atoms with van der Waals surface area (Å²) in [6.07, 6.45) is 0.963. The van der Waals surface area contributed by atoms with Gasteiger partial charge >= 0.3 is 0 Å². The number of thiophene rings is 1. The van der Waals surface area contributed by atoms with Crippen molar-refractivity contribution in [2.24, 2.45) is 11.8 Å². The zero-order chi connectivity index (χ0) is 13.3. The minimum absolute atomic E-state index is 0.370. The quantitative estimate of drug-likeness (QED) is 0.801. The molecule has 0 aliphatic carbocycles. The average Bonchev–Trinajstić information content (AvgIpc) is 2.98. The van der Waals surface area contributed by atoms with Crippen molar-refractivity contribution in [3.63, 3.8) is 0 Å². The van der Waals surface area contributed by atoms with Crippen LogP contribution in [0, 0.1) is 11.8 Å². The van der Waals surface area contributed by atoms with Crippen LogP contribution >= 0.6 is 22.9 Å². The predicted molar refractivity (Wildman–Crippen MR) is 75.6 cm³/mol. The fourth-order valence-corrected chi connectivity index (χ4v) is 5.34. The summed E-state index contributed by atoms with van der Waals surface area (Å²) in [4.78, 5) is 0.898. The Hall–Kier alpha value is -0.100. The van der Waals surface area contributed by atoms with E-state index in [0.717, 1.165) is 11.3 Å². The highest BCUT2D eigenvalue weighted by Gasteiger charge is 2.34. The summed E-state index contributed by atoms with van der Waals surface area (Å²) < 4.78 is 26.9. The van der Waals surface area contributed by atoms with Crippen molar-refractivity contribution in [1.29, 1.82) is 0 Å². The maximum Gasteiger partial charge on any atom is 0.252 e. The smallest absolute Gasteiger partial charge is 0.206 e. The van der Waals surface area contributed by atoms with Crippen molar-refractivity contribution >= 4 is 33.0 Å². The van der Waals surface area contributed by atoms with E-state index in [1.165, 1.54) is 11.3 Å². The molecule has 2 heterocycles. The molecule has 0 aromatic carbocycles. The van der Waals surface area contributed by atoms with Crippen LogP contribution < -0.4 is 0 Å². The first-order valence-corrected chi connectivity index (χ1v) is 8.89. The standard InChI is InChI=1S/C12H18ClNO2S2/c1-9(2)10-5-6-14(8-10)18(15,16)12-4-3-11(7-13)17-12/h3-4,9-10H,5-8H2,1-2H3. The van der Waals surface area contributed by atoms with Gasteiger partial charge in [-0.3, -0.25) is 0 Å². The van der Waals surface area contributed by atoms with Gasteiger partial charge < -0.3 is 0 Å². The molecular formula is C12H18ClNO2S2. The molecule has 0 amide bonds. The van der Waals surface area contributed by atoms with Crippen LogP contribution in [0.2, 0.25) is 0 Å². The van der Waals surface area contributed by atoms with Gasteiger partial charge in [-0.25, -0.2) is 8.42 Å². The van der Waals surface area contributed by atoms with Gasteiger partial charge in [0, 0.05) is 18.0 Å². The summed E-state index contributed by atoms with van der Waals surface area (Å²) in [6, 6.07) is 3.46. The van der Waals surface area contributed by atoms with Crippen LogP contribution in [0.3, 0.4) is 0 Å². The van der Waals surface area contributed by atoms with Gasteiger partial charge in [0.25, 0.3) is 10.0 Å². The van der Waals surface area contributed by atoms with Crippen molar-refractivity contribution in [3.8, 4) is 0 Å². The van der Waals surface area contributed by atoms with Crippen LogP contribution in [0.5, 0.6) is 0 Å². The lowest BCUT2D eigenvalue weighted by molar-refractivity contribution is 0.389. The molecule has 102 valence electrons. The molecule has 0 N–H and O–H groups in total. The molecule has 0 bridgehead atoms. The number of hydrogen-bond acceptors (Lipinski definition) is 3. The molecule has 1 aromatic rings. The van der Waals surface area contributed by atoms with Gasteiger partial charge in [-0.15, -0.1) is 22.9 Å². The van der Waals surface area contributed by atoms with Gasteiger partial charge in [0.2, 0.25) is 0 Å². The van der Waals surface area contributed by atoms with Crippen LogP contribution in [0.15, 0.2) is 16.3 Å². The Morgan fingerprint density at radius 3 is 2.72 bits per heavy atom. The summed E-state index contributed by atoms with van der Waals surface area (Å²) in [5, 5.41) is 0. The molecular weight excluding hydrogens is 290 g/mol. The third-order valence-electron chi connectivity index (χ3n) is 3.49. The second-order valence-corrected chi connectivity index (χ2v) is 8.61. The predicted octanol–water partition coefficient (Wildman–Crippen LogP) is 3.15. The molecule has 1 aromatic heterocycles. The van der Waals surface area contributed by atoms with E-state index in [2.05, 4.69) is 13.8 Å². The van der Waals surface area contributed by atoms with Gasteiger partial charge in [-0.05, 0) is 30.4 Å². The molecule has 1 fully saturated rings. The van der Waals surface area contributed by atoms with Crippen molar-refractivity contribution in [3.05, 3.63) is 17.0 Å². The Kier molecular flexibility index (Phi) is 4.36. The summed E-state index contributed by atoms with van der Waals surface area (Å²) in [7, 11) is -3.30. The minimum atomic E-state index is -3.30. The Bertz CT molecular complexity index is 510. The molecule has 0 radical (unpaired) electrons. The number of halogens is 1. The molecule has 1 aliphatic rings. The van der Waals surface area contributed by atoms with Crippen LogP contribution in [0.4, 0.5) is 0 Å². The van der Waals surface area contributed by atoms with Crippen molar-refractivity contribution < 1.29 is 8.42 Å². The Morgan fingerprint density at radius 1 is 1.50 bits per heavy atom. The normalized spacial score (nSPS) is 21.9. The molecule has 1 atom stereocenters. The molecule has 6 heteroatoms. The maximum atomic E-state index is 12.4. The van der Waals surface area contributed by atoms with Gasteiger partial charge in [-0.1, -0.05) is 13.8 Å². The summed E-state index contributed by atoms with van der Waals surface area (Å²) >= 11 is 6.99. The topological polar surface area (TPSA) is 37.4 Å². The zero-order valence-electron chi connectivity index (χ0n) is 10.6. The summed E-state index contributed by atoms with van der Waals surface area (Å²) in [6.45, 7) is 5.59. The van der Waals surface area contributed by atoms with E-state index in [1.54, 1.807) is 16.4 Å². The maximum absolute atomic E-state index is 12.4. The molecule has 1 aliphatic heterocycles. The second kappa shape index (κ2) is 5.49. The van der Waals surface area contributed by atoms with E-state index in [9.17, 15) is 8.42 Å². The molecule has 1 saturated heterocycles. The highest BCUT2D eigenvalue weighted by molar-refractivity contribution is 7.91. The molecule has 2 rings (SSSR count). The Morgan fingerprint density at radius 2 is 2.22 bits per heavy atom. The highest BCUT2D eigenvalue weighted by atomic mass is 35.5. The largest absolute Gasteiger partial charge is 0.252 e. The lowest BCUT2D eigenvalue weighted by Crippen LogP contribution is -2.28. The number of nitrogens with zero attached hydrogens (tertiary/aromatic N) is 1. The Labute approximate surface area is 118 Å². The van der Waals surface area contributed by atoms with Gasteiger partial charge in [0.1, 0.15) is 4.21 Å². The molecule has 0 spiro atoms. The van der Waals surface area contributed by atoms with Crippen molar-refractivity contribution in [1.82, 2.24) is 4.31 Å². The minimum Gasteiger partial charge on any atom is -0.206 e. The van der Waals surface area contributed by atoms with Gasteiger partial charge in [0.15, 0.2) is 0 Å². The number of sulfonamides is 1. The van der Waals surface area contributed by atoms with E-state index in [-0.39, 0.29) is 0 Å². The van der Waals surface area contributed by atoms with E-state index < -0.39 is 10.0 Å². The van der Waals surface area contributed by atoms with E-state index >= 15 is 0 Å². The Balaban J connectivity index is 2.17. The van der Waals surface area contributed by atoms with E-state index in [4.69, 9.17) is 11.6 Å². The van der Waals surface area contributed by atoms with E-state index in [0.29, 0.717) is 35.0 Å². The molecule has 0 saturated carbocycles. The molecule has 1 unspecified atom stereocenters. The zero-order valence-corrected chi connectivity index (χ0v) is 13.0. The van der Waals surface area contributed by atoms with Crippen LogP contribution in [0.25, 0.3) is 0 Å². The third-order valence-corrected chi connectivity index (χ3v) is 7.36. The van der Waals surface area contributed by atoms with Crippen LogP contribution in [-0.2, 0) is 15.9 Å². The fraction of sp³-hybridized carbons (Fsp3) is 0.667. The first-order valence-electron chi connectivity index (χ1n) is 6.10. The number of hydrogen-bond donors (Lipinski definition) is 0. The average molecular weight is 308 g/mol. The molecule has 18 heavy (non-hydrogen) atoms. The lowest BCUT2D eigenvalue weighted by atomic mass is 9.96.